The zero-order chi connectivity index (χ0) is 11.1. The molecule has 0 aliphatic rings. The van der Waals surface area contributed by atoms with Crippen LogP contribution in [0.25, 0.3) is 0 Å². The number of hydrogen-bond donors (Lipinski definition) is 0. The van der Waals surface area contributed by atoms with Crippen molar-refractivity contribution in [3.8, 4) is 17.6 Å². The fourth-order valence-corrected chi connectivity index (χ4v) is 1.48. The van der Waals surface area contributed by atoms with Gasteiger partial charge in [-0.2, -0.15) is 0 Å². The molecule has 1 aromatic carbocycles. The van der Waals surface area contributed by atoms with Crippen LogP contribution in [0, 0.1) is 17.8 Å². The Bertz CT molecular complexity index is 357. The Labute approximate surface area is 92.5 Å². The van der Waals surface area contributed by atoms with Crippen molar-refractivity contribution in [1.82, 2.24) is 0 Å². The fourth-order valence-electron chi connectivity index (χ4n) is 1.48. The molecule has 0 saturated heterocycles. The summed E-state index contributed by atoms with van der Waals surface area (Å²) in [4.78, 5) is 0. The normalized spacial score (nSPS) is 11.4. The van der Waals surface area contributed by atoms with Crippen LogP contribution in [0.5, 0.6) is 5.75 Å². The van der Waals surface area contributed by atoms with Crippen molar-refractivity contribution in [2.45, 2.75) is 26.7 Å². The van der Waals surface area contributed by atoms with Gasteiger partial charge in [-0.15, -0.1) is 5.92 Å². The molecular weight excluding hydrogens is 184 g/mol. The van der Waals surface area contributed by atoms with Gasteiger partial charge in [0.1, 0.15) is 5.75 Å². The third-order valence-electron chi connectivity index (χ3n) is 2.20. The first-order valence-electron chi connectivity index (χ1n) is 5.37. The molecule has 0 N–H and O–H groups in total. The van der Waals surface area contributed by atoms with Crippen molar-refractivity contribution >= 4 is 0 Å². The summed E-state index contributed by atoms with van der Waals surface area (Å²) < 4.78 is 5.18. The van der Waals surface area contributed by atoms with E-state index in [-0.39, 0.29) is 0 Å². The van der Waals surface area contributed by atoms with Crippen LogP contribution in [-0.2, 0) is 6.42 Å². The maximum absolute atomic E-state index is 5.18. The van der Waals surface area contributed by atoms with Crippen LogP contribution < -0.4 is 4.74 Å². The minimum absolute atomic E-state index is 0.414. The van der Waals surface area contributed by atoms with Gasteiger partial charge in [0.2, 0.25) is 0 Å². The molecule has 0 fully saturated rings. The van der Waals surface area contributed by atoms with Crippen LogP contribution in [0.4, 0.5) is 0 Å². The van der Waals surface area contributed by atoms with Crippen LogP contribution in [0.1, 0.15) is 25.8 Å². The molecule has 1 unspecified atom stereocenters. The monoisotopic (exact) mass is 202 g/mol. The third-order valence-corrected chi connectivity index (χ3v) is 2.20. The van der Waals surface area contributed by atoms with Crippen molar-refractivity contribution in [2.75, 3.05) is 7.11 Å². The highest BCUT2D eigenvalue weighted by atomic mass is 16.5. The van der Waals surface area contributed by atoms with Crippen molar-refractivity contribution in [1.29, 1.82) is 0 Å². The lowest BCUT2D eigenvalue weighted by Crippen LogP contribution is -1.96. The summed E-state index contributed by atoms with van der Waals surface area (Å²) in [5.74, 6) is 7.68. The number of methoxy groups -OCH3 is 1. The molecule has 1 rings (SSSR count). The lowest BCUT2D eigenvalue weighted by molar-refractivity contribution is 0.414. The predicted octanol–water partition coefficient (Wildman–Crippen LogP) is 3.29. The van der Waals surface area contributed by atoms with Gasteiger partial charge in [-0.3, -0.25) is 0 Å². The fraction of sp³-hybridized carbons (Fsp3) is 0.429. The van der Waals surface area contributed by atoms with E-state index in [0.29, 0.717) is 5.92 Å². The van der Waals surface area contributed by atoms with Crippen molar-refractivity contribution in [3.63, 3.8) is 0 Å². The van der Waals surface area contributed by atoms with Crippen LogP contribution in [0.3, 0.4) is 0 Å². The van der Waals surface area contributed by atoms with Gasteiger partial charge in [0.05, 0.1) is 7.11 Å². The minimum atomic E-state index is 0.414. The molecule has 15 heavy (non-hydrogen) atoms. The molecule has 0 bridgehead atoms. The molecule has 1 atom stereocenters. The Morgan fingerprint density at radius 1 is 1.40 bits per heavy atom. The first kappa shape index (κ1) is 11.7. The molecule has 0 amide bonds. The van der Waals surface area contributed by atoms with Crippen LogP contribution in [0.15, 0.2) is 24.3 Å². The Morgan fingerprint density at radius 2 is 2.20 bits per heavy atom. The second kappa shape index (κ2) is 6.14. The molecule has 0 aliphatic carbocycles. The zero-order valence-corrected chi connectivity index (χ0v) is 9.71. The first-order chi connectivity index (χ1) is 7.26. The second-order valence-electron chi connectivity index (χ2n) is 3.63. The second-order valence-corrected chi connectivity index (χ2v) is 3.63. The largest absolute Gasteiger partial charge is 0.497 e. The van der Waals surface area contributed by atoms with E-state index in [9.17, 15) is 0 Å². The Kier molecular flexibility index (Phi) is 4.77. The average Bonchev–Trinajstić information content (AvgIpc) is 2.26. The SMILES string of the molecule is CCC#CC(C)Cc1cccc(OC)c1. The molecule has 1 aromatic rings. The highest BCUT2D eigenvalue weighted by Gasteiger charge is 2.00. The van der Waals surface area contributed by atoms with E-state index in [4.69, 9.17) is 4.74 Å². The lowest BCUT2D eigenvalue weighted by Gasteiger charge is -2.06. The highest BCUT2D eigenvalue weighted by molar-refractivity contribution is 5.29. The van der Waals surface area contributed by atoms with Crippen LogP contribution >= 0.6 is 0 Å². The molecule has 0 heterocycles. The Balaban J connectivity index is 2.63. The Morgan fingerprint density at radius 3 is 2.87 bits per heavy atom. The van der Waals surface area contributed by atoms with Gasteiger partial charge in [0.25, 0.3) is 0 Å². The van der Waals surface area contributed by atoms with E-state index in [1.165, 1.54) is 5.56 Å². The molecule has 1 nitrogen and oxygen atoms in total. The molecule has 0 aromatic heterocycles. The van der Waals surface area contributed by atoms with Gasteiger partial charge < -0.3 is 4.74 Å². The number of rotatable bonds is 3. The van der Waals surface area contributed by atoms with Crippen molar-refractivity contribution < 1.29 is 4.74 Å². The van der Waals surface area contributed by atoms with Crippen molar-refractivity contribution in [2.24, 2.45) is 5.92 Å². The lowest BCUT2D eigenvalue weighted by atomic mass is 10.0. The average molecular weight is 202 g/mol. The summed E-state index contributed by atoms with van der Waals surface area (Å²) in [6.45, 7) is 4.23. The van der Waals surface area contributed by atoms with Crippen LogP contribution in [-0.4, -0.2) is 7.11 Å². The van der Waals surface area contributed by atoms with Gasteiger partial charge in [-0.25, -0.2) is 0 Å². The summed E-state index contributed by atoms with van der Waals surface area (Å²) in [5, 5.41) is 0. The molecule has 0 spiro atoms. The predicted molar refractivity (Wildman–Crippen MR) is 63.9 cm³/mol. The maximum atomic E-state index is 5.18. The smallest absolute Gasteiger partial charge is 0.119 e. The van der Waals surface area contributed by atoms with Gasteiger partial charge in [-0.05, 0) is 24.1 Å². The minimum Gasteiger partial charge on any atom is -0.497 e. The third kappa shape index (κ3) is 4.08. The van der Waals surface area contributed by atoms with Gasteiger partial charge in [0, 0.05) is 12.3 Å². The molecule has 1 heteroatoms. The summed E-state index contributed by atoms with van der Waals surface area (Å²) in [6, 6.07) is 8.18. The summed E-state index contributed by atoms with van der Waals surface area (Å²) in [6.07, 6.45) is 1.92. The van der Waals surface area contributed by atoms with Crippen LogP contribution in [0.2, 0.25) is 0 Å². The summed E-state index contributed by atoms with van der Waals surface area (Å²) >= 11 is 0. The zero-order valence-electron chi connectivity index (χ0n) is 9.71. The standard InChI is InChI=1S/C14H18O/c1-4-5-7-12(2)10-13-8-6-9-14(11-13)15-3/h6,8-9,11-12H,4,10H2,1-3H3. The number of ether oxygens (including phenoxy) is 1. The van der Waals surface area contributed by atoms with E-state index >= 15 is 0 Å². The quantitative estimate of drug-likeness (QED) is 0.683. The van der Waals surface area contributed by atoms with E-state index in [2.05, 4.69) is 37.8 Å². The van der Waals surface area contributed by atoms with Gasteiger partial charge in [0.15, 0.2) is 0 Å². The highest BCUT2D eigenvalue weighted by Crippen LogP contribution is 2.15. The number of hydrogen-bond acceptors (Lipinski definition) is 1. The van der Waals surface area contributed by atoms with Crippen molar-refractivity contribution in [3.05, 3.63) is 29.8 Å². The maximum Gasteiger partial charge on any atom is 0.119 e. The Hall–Kier alpha value is -1.42. The van der Waals surface area contributed by atoms with Gasteiger partial charge >= 0.3 is 0 Å². The molecule has 0 radical (unpaired) electrons. The van der Waals surface area contributed by atoms with E-state index in [0.717, 1.165) is 18.6 Å². The van der Waals surface area contributed by atoms with E-state index in [1.807, 2.05) is 12.1 Å². The topological polar surface area (TPSA) is 9.23 Å². The molecule has 0 aliphatic heterocycles. The number of benzene rings is 1. The van der Waals surface area contributed by atoms with Gasteiger partial charge in [-0.1, -0.05) is 31.9 Å². The molecule has 80 valence electrons. The summed E-state index contributed by atoms with van der Waals surface area (Å²) in [5.41, 5.74) is 1.28. The first-order valence-corrected chi connectivity index (χ1v) is 5.37. The molecule has 0 saturated carbocycles. The summed E-state index contributed by atoms with van der Waals surface area (Å²) in [7, 11) is 1.69. The van der Waals surface area contributed by atoms with E-state index < -0.39 is 0 Å². The molecular formula is C14H18O. The van der Waals surface area contributed by atoms with E-state index in [1.54, 1.807) is 7.11 Å².